The maximum absolute atomic E-state index is 5.97. The van der Waals surface area contributed by atoms with Crippen molar-refractivity contribution in [2.75, 3.05) is 20.3 Å². The molecule has 0 amide bonds. The lowest BCUT2D eigenvalue weighted by molar-refractivity contribution is -0.0390. The number of thiazole rings is 1. The fourth-order valence-electron chi connectivity index (χ4n) is 2.86. The first-order chi connectivity index (χ1) is 13.2. The van der Waals surface area contributed by atoms with Gasteiger partial charge in [-0.3, -0.25) is 4.99 Å². The van der Waals surface area contributed by atoms with Crippen molar-refractivity contribution in [3.8, 4) is 0 Å². The minimum Gasteiger partial charge on any atom is -0.381 e. The molecule has 1 saturated heterocycles. The number of aromatic nitrogens is 1. The molecule has 6 nitrogen and oxygen atoms in total. The Morgan fingerprint density at radius 2 is 1.86 bits per heavy atom. The second-order valence-corrected chi connectivity index (χ2v) is 7.90. The molecule has 3 rings (SSSR count). The first-order valence-electron chi connectivity index (χ1n) is 9.36. The summed E-state index contributed by atoms with van der Waals surface area (Å²) in [6.45, 7) is 5.75. The highest BCUT2D eigenvalue weighted by Gasteiger charge is 2.13. The molecule has 1 fully saturated rings. The predicted octanol–water partition coefficient (Wildman–Crippen LogP) is 3.63. The summed E-state index contributed by atoms with van der Waals surface area (Å²) < 4.78 is 11.3. The van der Waals surface area contributed by atoms with Gasteiger partial charge in [0.05, 0.1) is 19.3 Å². The van der Waals surface area contributed by atoms with Crippen molar-refractivity contribution in [2.45, 2.75) is 45.6 Å². The molecule has 0 spiro atoms. The van der Waals surface area contributed by atoms with Crippen molar-refractivity contribution in [3.63, 3.8) is 0 Å². The molecule has 154 valence electrons. The van der Waals surface area contributed by atoms with Gasteiger partial charge < -0.3 is 20.1 Å². The maximum atomic E-state index is 5.97. The lowest BCUT2D eigenvalue weighted by Crippen LogP contribution is -2.36. The van der Waals surface area contributed by atoms with Gasteiger partial charge in [0.15, 0.2) is 5.96 Å². The van der Waals surface area contributed by atoms with E-state index >= 15 is 0 Å². The summed E-state index contributed by atoms with van der Waals surface area (Å²) in [5, 5.41) is 7.69. The van der Waals surface area contributed by atoms with Gasteiger partial charge in [0.2, 0.25) is 0 Å². The second kappa shape index (κ2) is 12.4. The highest BCUT2D eigenvalue weighted by Crippen LogP contribution is 2.14. The molecular formula is C20H29IN4O2S. The van der Waals surface area contributed by atoms with Crippen LogP contribution >= 0.6 is 35.3 Å². The number of nitrogens with zero attached hydrogens (tertiary/aromatic N) is 2. The van der Waals surface area contributed by atoms with Crippen molar-refractivity contribution >= 4 is 41.3 Å². The van der Waals surface area contributed by atoms with Gasteiger partial charge in [-0.05, 0) is 30.9 Å². The minimum atomic E-state index is 0. The third-order valence-corrected chi connectivity index (χ3v) is 5.35. The molecule has 28 heavy (non-hydrogen) atoms. The molecule has 1 aromatic carbocycles. The van der Waals surface area contributed by atoms with Gasteiger partial charge in [-0.15, -0.1) is 35.3 Å². The highest BCUT2D eigenvalue weighted by atomic mass is 127. The number of hydrogen-bond donors (Lipinski definition) is 2. The van der Waals surface area contributed by atoms with Gasteiger partial charge in [-0.1, -0.05) is 24.3 Å². The van der Waals surface area contributed by atoms with Gasteiger partial charge >= 0.3 is 0 Å². The van der Waals surface area contributed by atoms with E-state index in [2.05, 4.69) is 51.8 Å². The number of ether oxygens (including phenoxy) is 2. The van der Waals surface area contributed by atoms with E-state index in [1.165, 1.54) is 16.0 Å². The summed E-state index contributed by atoms with van der Waals surface area (Å²) in [6, 6.07) is 8.52. The van der Waals surface area contributed by atoms with Crippen molar-refractivity contribution in [1.82, 2.24) is 15.6 Å². The van der Waals surface area contributed by atoms with Crippen LogP contribution in [0.2, 0.25) is 0 Å². The number of guanidine groups is 1. The van der Waals surface area contributed by atoms with Crippen LogP contribution in [0.25, 0.3) is 0 Å². The van der Waals surface area contributed by atoms with Crippen molar-refractivity contribution in [1.29, 1.82) is 0 Å². The molecule has 2 aromatic rings. The van der Waals surface area contributed by atoms with E-state index in [9.17, 15) is 0 Å². The molecule has 0 aliphatic carbocycles. The van der Waals surface area contributed by atoms with Crippen LogP contribution in [0.15, 0.2) is 35.5 Å². The van der Waals surface area contributed by atoms with E-state index in [4.69, 9.17) is 9.47 Å². The first kappa shape index (κ1) is 23.1. The van der Waals surface area contributed by atoms with Crippen LogP contribution in [0.4, 0.5) is 0 Å². The molecule has 0 atom stereocenters. The van der Waals surface area contributed by atoms with Crippen LogP contribution in [0.3, 0.4) is 0 Å². The summed E-state index contributed by atoms with van der Waals surface area (Å²) in [5.74, 6) is 0.773. The average molecular weight is 516 g/mol. The van der Waals surface area contributed by atoms with Crippen molar-refractivity contribution in [3.05, 3.63) is 51.5 Å². The fourth-order valence-corrected chi connectivity index (χ4v) is 3.59. The molecule has 0 unspecified atom stereocenters. The van der Waals surface area contributed by atoms with Crippen LogP contribution in [0.5, 0.6) is 0 Å². The number of benzene rings is 1. The number of hydrogen-bond acceptors (Lipinski definition) is 5. The van der Waals surface area contributed by atoms with Gasteiger partial charge in [-0.2, -0.15) is 0 Å². The molecule has 0 radical (unpaired) electrons. The number of aryl methyl sites for hydroxylation is 1. The van der Waals surface area contributed by atoms with Crippen molar-refractivity contribution in [2.24, 2.45) is 4.99 Å². The largest absolute Gasteiger partial charge is 0.381 e. The molecule has 0 saturated carbocycles. The minimum absolute atomic E-state index is 0. The zero-order valence-electron chi connectivity index (χ0n) is 16.4. The Balaban J connectivity index is 0.00000280. The Hall–Kier alpha value is -1.23. The Bertz CT molecular complexity index is 730. The molecule has 1 aliphatic heterocycles. The molecular weight excluding hydrogens is 487 g/mol. The Morgan fingerprint density at radius 1 is 1.18 bits per heavy atom. The third kappa shape index (κ3) is 7.65. The SMILES string of the molecule is CN=C(NCc1ccc(COC2CCOCC2)cc1)NCc1ncc(C)s1.I. The number of halogens is 1. The molecule has 2 N–H and O–H groups in total. The van der Waals surface area contributed by atoms with Gasteiger partial charge in [0.25, 0.3) is 0 Å². The Morgan fingerprint density at radius 3 is 2.50 bits per heavy atom. The summed E-state index contributed by atoms with van der Waals surface area (Å²) in [4.78, 5) is 9.84. The lowest BCUT2D eigenvalue weighted by atomic mass is 10.1. The Kier molecular flexibility index (Phi) is 10.2. The smallest absolute Gasteiger partial charge is 0.191 e. The zero-order chi connectivity index (χ0) is 18.9. The van der Waals surface area contributed by atoms with E-state index in [0.717, 1.165) is 43.6 Å². The summed E-state index contributed by atoms with van der Waals surface area (Å²) in [5.41, 5.74) is 2.41. The monoisotopic (exact) mass is 516 g/mol. The molecule has 8 heteroatoms. The lowest BCUT2D eigenvalue weighted by Gasteiger charge is -2.22. The van der Waals surface area contributed by atoms with Gasteiger partial charge in [0, 0.05) is 37.9 Å². The van der Waals surface area contributed by atoms with E-state index in [-0.39, 0.29) is 24.0 Å². The molecule has 2 heterocycles. The first-order valence-corrected chi connectivity index (χ1v) is 10.2. The normalized spacial score (nSPS) is 15.1. The van der Waals surface area contributed by atoms with E-state index in [1.54, 1.807) is 18.4 Å². The molecule has 0 bridgehead atoms. The fraction of sp³-hybridized carbons (Fsp3) is 0.500. The number of nitrogens with one attached hydrogen (secondary N) is 2. The number of rotatable bonds is 7. The molecule has 1 aliphatic rings. The number of aliphatic imine (C=N–C) groups is 1. The van der Waals surface area contributed by atoms with Gasteiger partial charge in [0.1, 0.15) is 5.01 Å². The van der Waals surface area contributed by atoms with Crippen LogP contribution in [0, 0.1) is 6.92 Å². The van der Waals surface area contributed by atoms with Gasteiger partial charge in [-0.25, -0.2) is 4.98 Å². The maximum Gasteiger partial charge on any atom is 0.191 e. The van der Waals surface area contributed by atoms with Crippen LogP contribution in [0.1, 0.15) is 33.9 Å². The standard InChI is InChI=1S/C20H28N4O2S.HI/c1-15-11-22-19(27-15)13-24-20(21-2)23-12-16-3-5-17(6-4-16)14-26-18-7-9-25-10-8-18;/h3-6,11,18H,7-10,12-14H2,1-2H3,(H2,21,23,24);1H. The van der Waals surface area contributed by atoms with E-state index < -0.39 is 0 Å². The summed E-state index contributed by atoms with van der Waals surface area (Å²) in [7, 11) is 1.78. The average Bonchev–Trinajstić information content (AvgIpc) is 3.13. The third-order valence-electron chi connectivity index (χ3n) is 4.44. The second-order valence-electron chi connectivity index (χ2n) is 6.58. The van der Waals surface area contributed by atoms with E-state index in [0.29, 0.717) is 19.3 Å². The zero-order valence-corrected chi connectivity index (χ0v) is 19.6. The van der Waals surface area contributed by atoms with Crippen LogP contribution in [-0.4, -0.2) is 37.3 Å². The van der Waals surface area contributed by atoms with E-state index in [1.807, 2.05) is 6.20 Å². The summed E-state index contributed by atoms with van der Waals surface area (Å²) >= 11 is 1.70. The topological polar surface area (TPSA) is 67.8 Å². The van der Waals surface area contributed by atoms with Crippen LogP contribution < -0.4 is 10.6 Å². The summed E-state index contributed by atoms with van der Waals surface area (Å²) in [6.07, 6.45) is 4.21. The van der Waals surface area contributed by atoms with Crippen molar-refractivity contribution < 1.29 is 9.47 Å². The molecule has 1 aromatic heterocycles. The highest BCUT2D eigenvalue weighted by molar-refractivity contribution is 14.0. The Labute approximate surface area is 188 Å². The predicted molar refractivity (Wildman–Crippen MR) is 124 cm³/mol. The van der Waals surface area contributed by atoms with Crippen LogP contribution in [-0.2, 0) is 29.2 Å². The quantitative estimate of drug-likeness (QED) is 0.334.